The van der Waals surface area contributed by atoms with Gasteiger partial charge in [-0.1, -0.05) is 25.1 Å². The lowest BCUT2D eigenvalue weighted by atomic mass is 10.0. The first-order chi connectivity index (χ1) is 10.3. The number of benzene rings is 1. The van der Waals surface area contributed by atoms with Crippen LogP contribution in [-0.2, 0) is 29.1 Å². The van der Waals surface area contributed by atoms with Gasteiger partial charge in [-0.2, -0.15) is 0 Å². The number of para-hydroxylation sites is 1. The molecular formula is C17H22N2O2. The average molecular weight is 286 g/mol. The molecule has 4 heteroatoms. The van der Waals surface area contributed by atoms with Gasteiger partial charge in [0.1, 0.15) is 0 Å². The second-order valence-electron chi connectivity index (χ2n) is 5.39. The number of hydrogen-bond acceptors (Lipinski definition) is 4. The lowest BCUT2D eigenvalue weighted by Gasteiger charge is -2.22. The van der Waals surface area contributed by atoms with Gasteiger partial charge < -0.3 is 14.8 Å². The normalized spacial score (nSPS) is 14.2. The minimum absolute atomic E-state index is 0.590. The minimum Gasteiger partial charge on any atom is -0.384 e. The van der Waals surface area contributed by atoms with E-state index in [0.717, 1.165) is 42.8 Å². The van der Waals surface area contributed by atoms with Gasteiger partial charge in [0.25, 0.3) is 0 Å². The van der Waals surface area contributed by atoms with Crippen molar-refractivity contribution in [3.05, 3.63) is 35.0 Å². The second kappa shape index (κ2) is 6.41. The Balaban J connectivity index is 2.20. The van der Waals surface area contributed by atoms with Gasteiger partial charge in [0.05, 0.1) is 36.7 Å². The highest BCUT2D eigenvalue weighted by atomic mass is 16.5. The number of anilines is 1. The Kier molecular flexibility index (Phi) is 4.36. The molecule has 1 aromatic carbocycles. The van der Waals surface area contributed by atoms with Crippen molar-refractivity contribution in [2.75, 3.05) is 25.6 Å². The fourth-order valence-electron chi connectivity index (χ4n) is 2.86. The summed E-state index contributed by atoms with van der Waals surface area (Å²) in [6.07, 6.45) is 1.98. The Morgan fingerprint density at radius 1 is 1.38 bits per heavy atom. The third kappa shape index (κ3) is 2.74. The molecule has 0 bridgehead atoms. The summed E-state index contributed by atoms with van der Waals surface area (Å²) in [7, 11) is 1.72. The Morgan fingerprint density at radius 2 is 2.29 bits per heavy atom. The van der Waals surface area contributed by atoms with Gasteiger partial charge in [-0.15, -0.1) is 0 Å². The fraction of sp³-hybridized carbons (Fsp3) is 0.471. The van der Waals surface area contributed by atoms with Gasteiger partial charge in [-0.3, -0.25) is 4.98 Å². The molecule has 1 aromatic heterocycles. The predicted octanol–water partition coefficient (Wildman–Crippen LogP) is 3.28. The van der Waals surface area contributed by atoms with Crippen LogP contribution in [0.25, 0.3) is 10.9 Å². The number of aromatic nitrogens is 1. The molecule has 0 spiro atoms. The van der Waals surface area contributed by atoms with Crippen LogP contribution >= 0.6 is 0 Å². The first-order valence-corrected chi connectivity index (χ1v) is 7.59. The van der Waals surface area contributed by atoms with E-state index in [1.807, 2.05) is 0 Å². The highest BCUT2D eigenvalue weighted by Crippen LogP contribution is 2.33. The third-order valence-corrected chi connectivity index (χ3v) is 3.87. The highest BCUT2D eigenvalue weighted by Gasteiger charge is 2.19. The van der Waals surface area contributed by atoms with Crippen LogP contribution in [0.2, 0.25) is 0 Å². The van der Waals surface area contributed by atoms with Crippen LogP contribution in [0.5, 0.6) is 0 Å². The number of nitrogens with zero attached hydrogens (tertiary/aromatic N) is 1. The predicted molar refractivity (Wildman–Crippen MR) is 84.6 cm³/mol. The number of methoxy groups -OCH3 is 1. The molecule has 4 nitrogen and oxygen atoms in total. The Labute approximate surface area is 125 Å². The molecular weight excluding hydrogens is 264 g/mol. The number of nitrogens with one attached hydrogen (secondary N) is 1. The Morgan fingerprint density at radius 3 is 3.10 bits per heavy atom. The highest BCUT2D eigenvalue weighted by molar-refractivity contribution is 5.95. The molecule has 0 amide bonds. The van der Waals surface area contributed by atoms with E-state index in [1.165, 1.54) is 16.6 Å². The van der Waals surface area contributed by atoms with Crippen LogP contribution in [0.4, 0.5) is 5.69 Å². The summed E-state index contributed by atoms with van der Waals surface area (Å²) in [5.41, 5.74) is 5.77. The summed E-state index contributed by atoms with van der Waals surface area (Å²) in [5, 5.41) is 4.74. The van der Waals surface area contributed by atoms with E-state index in [2.05, 4.69) is 30.4 Å². The molecule has 0 atom stereocenters. The number of ether oxygens (including phenoxy) is 2. The monoisotopic (exact) mass is 286 g/mol. The summed E-state index contributed by atoms with van der Waals surface area (Å²) in [6.45, 7) is 5.13. The van der Waals surface area contributed by atoms with E-state index < -0.39 is 0 Å². The van der Waals surface area contributed by atoms with Crippen molar-refractivity contribution in [2.24, 2.45) is 0 Å². The number of pyridine rings is 1. The van der Waals surface area contributed by atoms with E-state index in [9.17, 15) is 0 Å². The molecule has 112 valence electrons. The summed E-state index contributed by atoms with van der Waals surface area (Å²) >= 11 is 0. The van der Waals surface area contributed by atoms with Crippen molar-refractivity contribution in [2.45, 2.75) is 33.0 Å². The van der Waals surface area contributed by atoms with Crippen molar-refractivity contribution in [1.29, 1.82) is 0 Å². The van der Waals surface area contributed by atoms with Crippen molar-refractivity contribution < 1.29 is 9.47 Å². The molecule has 0 aliphatic carbocycles. The first-order valence-electron chi connectivity index (χ1n) is 7.59. The minimum atomic E-state index is 0.590. The zero-order valence-corrected chi connectivity index (χ0v) is 12.7. The van der Waals surface area contributed by atoms with Gasteiger partial charge in [-0.05, 0) is 6.42 Å². The summed E-state index contributed by atoms with van der Waals surface area (Å²) in [4.78, 5) is 4.90. The Hall–Kier alpha value is -1.65. The maximum Gasteiger partial charge on any atom is 0.0781 e. The van der Waals surface area contributed by atoms with E-state index >= 15 is 0 Å². The van der Waals surface area contributed by atoms with Crippen molar-refractivity contribution in [3.8, 4) is 0 Å². The van der Waals surface area contributed by atoms with Crippen LogP contribution in [0.1, 0.15) is 30.2 Å². The van der Waals surface area contributed by atoms with E-state index in [1.54, 1.807) is 7.11 Å². The van der Waals surface area contributed by atoms with Gasteiger partial charge in [0.2, 0.25) is 0 Å². The van der Waals surface area contributed by atoms with E-state index in [0.29, 0.717) is 13.2 Å². The molecule has 0 radical (unpaired) electrons. The standard InChI is InChI=1S/C17H22N2O2/c1-3-8-18-17-13-6-4-5-12(10-20-2)16(13)19-15-7-9-21-11-14(15)17/h4-6H,3,7-11H2,1-2H3,(H,18,19). The number of hydrogen-bond donors (Lipinski definition) is 1. The van der Waals surface area contributed by atoms with Crippen LogP contribution < -0.4 is 5.32 Å². The summed E-state index contributed by atoms with van der Waals surface area (Å²) in [6, 6.07) is 6.30. The van der Waals surface area contributed by atoms with Crippen molar-refractivity contribution >= 4 is 16.6 Å². The van der Waals surface area contributed by atoms with Crippen LogP contribution in [0.15, 0.2) is 18.2 Å². The Bertz CT molecular complexity index is 640. The SMILES string of the molecule is CCCNc1c2c(nc3c(COC)cccc13)CCOC2. The van der Waals surface area contributed by atoms with Crippen molar-refractivity contribution in [1.82, 2.24) is 4.98 Å². The average Bonchev–Trinajstić information content (AvgIpc) is 2.52. The molecule has 0 saturated heterocycles. The fourth-order valence-corrected chi connectivity index (χ4v) is 2.86. The number of rotatable bonds is 5. The zero-order chi connectivity index (χ0) is 14.7. The van der Waals surface area contributed by atoms with Gasteiger partial charge >= 0.3 is 0 Å². The van der Waals surface area contributed by atoms with Gasteiger partial charge in [0.15, 0.2) is 0 Å². The maximum atomic E-state index is 5.64. The molecule has 3 rings (SSSR count). The molecule has 1 aliphatic rings. The molecule has 0 fully saturated rings. The van der Waals surface area contributed by atoms with Crippen LogP contribution in [-0.4, -0.2) is 25.2 Å². The van der Waals surface area contributed by atoms with Gasteiger partial charge in [0, 0.05) is 36.6 Å². The quantitative estimate of drug-likeness (QED) is 0.916. The molecule has 0 unspecified atom stereocenters. The largest absolute Gasteiger partial charge is 0.384 e. The van der Waals surface area contributed by atoms with E-state index in [-0.39, 0.29) is 0 Å². The number of fused-ring (bicyclic) bond motifs is 2. The molecule has 0 saturated carbocycles. The lowest BCUT2D eigenvalue weighted by Crippen LogP contribution is -2.16. The molecule has 2 aromatic rings. The van der Waals surface area contributed by atoms with Crippen LogP contribution in [0.3, 0.4) is 0 Å². The molecule has 2 heterocycles. The first kappa shape index (κ1) is 14.3. The molecule has 1 N–H and O–H groups in total. The van der Waals surface area contributed by atoms with Crippen molar-refractivity contribution in [3.63, 3.8) is 0 Å². The molecule has 1 aliphatic heterocycles. The lowest BCUT2D eigenvalue weighted by molar-refractivity contribution is 0.110. The molecule has 21 heavy (non-hydrogen) atoms. The summed E-state index contributed by atoms with van der Waals surface area (Å²) in [5.74, 6) is 0. The summed E-state index contributed by atoms with van der Waals surface area (Å²) < 4.78 is 11.0. The zero-order valence-electron chi connectivity index (χ0n) is 12.7. The third-order valence-electron chi connectivity index (χ3n) is 3.87. The van der Waals surface area contributed by atoms with E-state index in [4.69, 9.17) is 14.5 Å². The van der Waals surface area contributed by atoms with Gasteiger partial charge in [-0.25, -0.2) is 0 Å². The van der Waals surface area contributed by atoms with Crippen LogP contribution in [0, 0.1) is 0 Å². The second-order valence-corrected chi connectivity index (χ2v) is 5.39. The topological polar surface area (TPSA) is 43.4 Å². The maximum absolute atomic E-state index is 5.64. The smallest absolute Gasteiger partial charge is 0.0781 e.